The molecule has 0 bridgehead atoms. The summed E-state index contributed by atoms with van der Waals surface area (Å²) in [5.41, 5.74) is 0. The summed E-state index contributed by atoms with van der Waals surface area (Å²) in [6.45, 7) is 6.44. The van der Waals surface area contributed by atoms with Gasteiger partial charge >= 0.3 is 0 Å². The van der Waals surface area contributed by atoms with Gasteiger partial charge in [-0.1, -0.05) is 0 Å². The zero-order valence-electron chi connectivity index (χ0n) is 11.2. The molecule has 4 nitrogen and oxygen atoms in total. The van der Waals surface area contributed by atoms with Crippen LogP contribution in [0.15, 0.2) is 0 Å². The largest absolute Gasteiger partial charge is 0.341 e. The number of carbonyl (C=O) groups is 1. The van der Waals surface area contributed by atoms with Crippen LogP contribution in [0.2, 0.25) is 0 Å². The van der Waals surface area contributed by atoms with Crippen LogP contribution in [-0.4, -0.2) is 61.0 Å². The molecule has 0 aromatic rings. The van der Waals surface area contributed by atoms with Gasteiger partial charge in [-0.2, -0.15) is 0 Å². The van der Waals surface area contributed by atoms with Crippen LogP contribution in [0.3, 0.4) is 0 Å². The topological polar surface area (TPSA) is 35.6 Å². The molecule has 102 valence electrons. The SMILES string of the molecule is O=C([C@@H]1CCCNC1)N1CCC(N2CCCC2)C1. The number of nitrogens with one attached hydrogen (secondary N) is 1. The number of carbonyl (C=O) groups excluding carboxylic acids is 1. The van der Waals surface area contributed by atoms with Crippen LogP contribution in [0.25, 0.3) is 0 Å². The Balaban J connectivity index is 1.52. The van der Waals surface area contributed by atoms with Gasteiger partial charge in [0, 0.05) is 25.7 Å². The minimum atomic E-state index is 0.246. The maximum Gasteiger partial charge on any atom is 0.227 e. The second kappa shape index (κ2) is 5.57. The average Bonchev–Trinajstić information content (AvgIpc) is 3.09. The second-order valence-corrected chi connectivity index (χ2v) is 6.01. The highest BCUT2D eigenvalue weighted by atomic mass is 16.2. The van der Waals surface area contributed by atoms with Crippen LogP contribution < -0.4 is 5.32 Å². The van der Waals surface area contributed by atoms with E-state index < -0.39 is 0 Å². The van der Waals surface area contributed by atoms with Gasteiger partial charge in [-0.3, -0.25) is 9.69 Å². The number of amides is 1. The van der Waals surface area contributed by atoms with E-state index in [1.807, 2.05) is 0 Å². The standard InChI is InChI=1S/C14H25N3O/c18-14(12-4-3-6-15-10-12)17-9-5-13(11-17)16-7-1-2-8-16/h12-13,15H,1-11H2/t12-,13?/m1/s1. The molecule has 0 aliphatic carbocycles. The molecule has 3 aliphatic heterocycles. The molecular weight excluding hydrogens is 226 g/mol. The Morgan fingerprint density at radius 3 is 2.61 bits per heavy atom. The van der Waals surface area contributed by atoms with Crippen LogP contribution in [-0.2, 0) is 4.79 Å². The quantitative estimate of drug-likeness (QED) is 0.784. The van der Waals surface area contributed by atoms with Gasteiger partial charge in [0.1, 0.15) is 0 Å². The lowest BCUT2D eigenvalue weighted by molar-refractivity contribution is -0.135. The maximum absolute atomic E-state index is 12.4. The fraction of sp³-hybridized carbons (Fsp3) is 0.929. The van der Waals surface area contributed by atoms with Gasteiger partial charge in [-0.25, -0.2) is 0 Å². The summed E-state index contributed by atoms with van der Waals surface area (Å²) in [7, 11) is 0. The summed E-state index contributed by atoms with van der Waals surface area (Å²) in [4.78, 5) is 17.1. The zero-order valence-corrected chi connectivity index (χ0v) is 11.2. The highest BCUT2D eigenvalue weighted by Crippen LogP contribution is 2.23. The van der Waals surface area contributed by atoms with Gasteiger partial charge in [-0.05, 0) is 51.7 Å². The smallest absolute Gasteiger partial charge is 0.227 e. The lowest BCUT2D eigenvalue weighted by atomic mass is 9.98. The van der Waals surface area contributed by atoms with Crippen LogP contribution >= 0.6 is 0 Å². The molecule has 1 N–H and O–H groups in total. The Morgan fingerprint density at radius 2 is 1.89 bits per heavy atom. The van der Waals surface area contributed by atoms with Crippen molar-refractivity contribution in [3.63, 3.8) is 0 Å². The van der Waals surface area contributed by atoms with Gasteiger partial charge in [0.05, 0.1) is 5.92 Å². The van der Waals surface area contributed by atoms with Crippen LogP contribution in [0.5, 0.6) is 0 Å². The van der Waals surface area contributed by atoms with Crippen molar-refractivity contribution in [2.75, 3.05) is 39.3 Å². The van der Waals surface area contributed by atoms with E-state index in [0.717, 1.165) is 39.0 Å². The Hall–Kier alpha value is -0.610. The lowest BCUT2D eigenvalue weighted by Gasteiger charge is -2.28. The van der Waals surface area contributed by atoms with Crippen LogP contribution in [0, 0.1) is 5.92 Å². The molecular formula is C14H25N3O. The Bertz CT molecular complexity index is 295. The molecule has 3 rings (SSSR count). The molecule has 4 heteroatoms. The Kier molecular flexibility index (Phi) is 3.85. The van der Waals surface area contributed by atoms with Crippen molar-refractivity contribution in [1.29, 1.82) is 0 Å². The molecule has 3 heterocycles. The van der Waals surface area contributed by atoms with Crippen molar-refractivity contribution in [2.24, 2.45) is 5.92 Å². The van der Waals surface area contributed by atoms with E-state index in [0.29, 0.717) is 11.9 Å². The molecule has 1 amide bonds. The van der Waals surface area contributed by atoms with E-state index in [-0.39, 0.29) is 5.92 Å². The summed E-state index contributed by atoms with van der Waals surface area (Å²) in [5, 5.41) is 3.35. The fourth-order valence-corrected chi connectivity index (χ4v) is 3.67. The first-order valence-electron chi connectivity index (χ1n) is 7.58. The van der Waals surface area contributed by atoms with Gasteiger partial charge in [-0.15, -0.1) is 0 Å². The predicted octanol–water partition coefficient (Wildman–Crippen LogP) is 0.683. The normalized spacial score (nSPS) is 34.1. The van der Waals surface area contributed by atoms with Crippen LogP contribution in [0.1, 0.15) is 32.1 Å². The highest BCUT2D eigenvalue weighted by Gasteiger charge is 2.34. The number of nitrogens with zero attached hydrogens (tertiary/aromatic N) is 2. The minimum absolute atomic E-state index is 0.246. The Morgan fingerprint density at radius 1 is 1.06 bits per heavy atom. The molecule has 0 saturated carbocycles. The van der Waals surface area contributed by atoms with Crippen molar-refractivity contribution in [1.82, 2.24) is 15.1 Å². The van der Waals surface area contributed by atoms with E-state index in [4.69, 9.17) is 0 Å². The molecule has 3 fully saturated rings. The first-order valence-corrected chi connectivity index (χ1v) is 7.58. The number of likely N-dealkylation sites (tertiary alicyclic amines) is 2. The third-order valence-electron chi connectivity index (χ3n) is 4.78. The highest BCUT2D eigenvalue weighted by molar-refractivity contribution is 5.79. The number of piperidine rings is 1. The summed E-state index contributed by atoms with van der Waals surface area (Å²) in [6.07, 6.45) is 6.11. The first kappa shape index (κ1) is 12.4. The molecule has 0 aromatic heterocycles. The van der Waals surface area contributed by atoms with Gasteiger partial charge < -0.3 is 10.2 Å². The number of hydrogen-bond acceptors (Lipinski definition) is 3. The maximum atomic E-state index is 12.4. The third-order valence-corrected chi connectivity index (χ3v) is 4.78. The molecule has 3 saturated heterocycles. The summed E-state index contributed by atoms with van der Waals surface area (Å²) in [5.74, 6) is 0.653. The van der Waals surface area contributed by atoms with E-state index in [9.17, 15) is 4.79 Å². The molecule has 0 aromatic carbocycles. The summed E-state index contributed by atoms with van der Waals surface area (Å²) >= 11 is 0. The first-order chi connectivity index (χ1) is 8.84. The van der Waals surface area contributed by atoms with Crippen molar-refractivity contribution in [3.05, 3.63) is 0 Å². The summed E-state index contributed by atoms with van der Waals surface area (Å²) in [6, 6.07) is 0.646. The van der Waals surface area contributed by atoms with E-state index in [1.54, 1.807) is 0 Å². The number of rotatable bonds is 2. The van der Waals surface area contributed by atoms with Gasteiger partial charge in [0.2, 0.25) is 5.91 Å². The van der Waals surface area contributed by atoms with Crippen LogP contribution in [0.4, 0.5) is 0 Å². The van der Waals surface area contributed by atoms with Crippen molar-refractivity contribution >= 4 is 5.91 Å². The van der Waals surface area contributed by atoms with Gasteiger partial charge in [0.25, 0.3) is 0 Å². The van der Waals surface area contributed by atoms with Crippen molar-refractivity contribution in [3.8, 4) is 0 Å². The monoisotopic (exact) mass is 251 g/mol. The molecule has 1 unspecified atom stereocenters. The molecule has 0 radical (unpaired) electrons. The third kappa shape index (κ3) is 2.54. The number of hydrogen-bond donors (Lipinski definition) is 1. The molecule has 2 atom stereocenters. The zero-order chi connectivity index (χ0) is 12.4. The average molecular weight is 251 g/mol. The second-order valence-electron chi connectivity index (χ2n) is 6.01. The van der Waals surface area contributed by atoms with E-state index >= 15 is 0 Å². The lowest BCUT2D eigenvalue weighted by Crippen LogP contribution is -2.43. The van der Waals surface area contributed by atoms with E-state index in [2.05, 4.69) is 15.1 Å². The molecule has 0 spiro atoms. The van der Waals surface area contributed by atoms with Crippen molar-refractivity contribution < 1.29 is 4.79 Å². The Labute approximate surface area is 110 Å². The van der Waals surface area contributed by atoms with E-state index in [1.165, 1.54) is 32.4 Å². The molecule has 3 aliphatic rings. The van der Waals surface area contributed by atoms with Gasteiger partial charge in [0.15, 0.2) is 0 Å². The minimum Gasteiger partial charge on any atom is -0.341 e. The predicted molar refractivity (Wildman–Crippen MR) is 71.4 cm³/mol. The molecule has 18 heavy (non-hydrogen) atoms. The summed E-state index contributed by atoms with van der Waals surface area (Å²) < 4.78 is 0. The fourth-order valence-electron chi connectivity index (χ4n) is 3.67. The van der Waals surface area contributed by atoms with Crippen molar-refractivity contribution in [2.45, 2.75) is 38.1 Å².